The lowest BCUT2D eigenvalue weighted by molar-refractivity contribution is 0.0772. The zero-order valence-corrected chi connectivity index (χ0v) is 9.69. The van der Waals surface area contributed by atoms with Crippen molar-refractivity contribution in [1.82, 2.24) is 14.5 Å². The van der Waals surface area contributed by atoms with Gasteiger partial charge in [-0.3, -0.25) is 4.79 Å². The maximum Gasteiger partial charge on any atom is 0.268 e. The minimum atomic E-state index is 0.0787. The fraction of sp³-hybridized carbons (Fsp3) is 0.625. The predicted octanol–water partition coefficient (Wildman–Crippen LogP) is 1.38. The summed E-state index contributed by atoms with van der Waals surface area (Å²) in [6.07, 6.45) is 0. The maximum atomic E-state index is 12.0. The van der Waals surface area contributed by atoms with Crippen molar-refractivity contribution in [3.05, 3.63) is 10.6 Å². The number of hydrogen-bond donors (Lipinski definition) is 0. The lowest BCUT2D eigenvalue weighted by atomic mass is 10.3. The zero-order valence-electron chi connectivity index (χ0n) is 8.06. The van der Waals surface area contributed by atoms with Gasteiger partial charge in [-0.05, 0) is 25.4 Å². The van der Waals surface area contributed by atoms with Gasteiger partial charge in [-0.1, -0.05) is 4.49 Å². The highest BCUT2D eigenvalue weighted by molar-refractivity contribution is 8.00. The van der Waals surface area contributed by atoms with Gasteiger partial charge in [0.25, 0.3) is 5.91 Å². The summed E-state index contributed by atoms with van der Waals surface area (Å²) in [5.41, 5.74) is 0.740. The molecule has 2 heterocycles. The van der Waals surface area contributed by atoms with Gasteiger partial charge in [-0.15, -0.1) is 16.9 Å². The van der Waals surface area contributed by atoms with E-state index in [1.54, 1.807) is 11.8 Å². The Hall–Kier alpha value is -0.620. The second-order valence-corrected chi connectivity index (χ2v) is 5.33. The van der Waals surface area contributed by atoms with E-state index in [4.69, 9.17) is 0 Å². The third-order valence-corrected chi connectivity index (χ3v) is 4.21. The summed E-state index contributed by atoms with van der Waals surface area (Å²) >= 11 is 2.99. The van der Waals surface area contributed by atoms with Crippen molar-refractivity contribution in [1.29, 1.82) is 0 Å². The van der Waals surface area contributed by atoms with E-state index in [1.807, 2.05) is 11.8 Å². The molecule has 14 heavy (non-hydrogen) atoms. The number of carbonyl (C=O) groups is 1. The normalized spacial score (nSPS) is 21.6. The molecule has 1 aromatic heterocycles. The van der Waals surface area contributed by atoms with Crippen LogP contribution in [0.4, 0.5) is 0 Å². The minimum Gasteiger partial charge on any atom is -0.325 e. The van der Waals surface area contributed by atoms with Gasteiger partial charge in [0.1, 0.15) is 4.88 Å². The van der Waals surface area contributed by atoms with Gasteiger partial charge in [-0.25, -0.2) is 0 Å². The molecule has 0 radical (unpaired) electrons. The van der Waals surface area contributed by atoms with Crippen LogP contribution in [0.25, 0.3) is 0 Å². The average molecular weight is 229 g/mol. The maximum absolute atomic E-state index is 12.0. The first-order valence-corrected chi connectivity index (χ1v) is 6.24. The molecular formula is C8H11N3OS2. The number of aromatic nitrogens is 2. The number of rotatable bonds is 1. The van der Waals surface area contributed by atoms with Gasteiger partial charge < -0.3 is 4.90 Å². The SMILES string of the molecule is Cc1nnsc1C(=O)N1CCSC1C. The monoisotopic (exact) mass is 229 g/mol. The molecule has 4 nitrogen and oxygen atoms in total. The summed E-state index contributed by atoms with van der Waals surface area (Å²) in [6.45, 7) is 4.71. The highest BCUT2D eigenvalue weighted by Gasteiger charge is 2.28. The van der Waals surface area contributed by atoms with E-state index < -0.39 is 0 Å². The molecule has 0 N–H and O–H groups in total. The number of nitrogens with zero attached hydrogens (tertiary/aromatic N) is 3. The van der Waals surface area contributed by atoms with E-state index in [9.17, 15) is 4.79 Å². The van der Waals surface area contributed by atoms with Gasteiger partial charge in [-0.2, -0.15) is 0 Å². The Labute approximate surface area is 90.8 Å². The van der Waals surface area contributed by atoms with Crippen LogP contribution in [0.5, 0.6) is 0 Å². The first-order valence-electron chi connectivity index (χ1n) is 4.41. The molecule has 0 bridgehead atoms. The highest BCUT2D eigenvalue weighted by atomic mass is 32.2. The number of hydrogen-bond acceptors (Lipinski definition) is 5. The molecule has 1 atom stereocenters. The third-order valence-electron chi connectivity index (χ3n) is 2.24. The quantitative estimate of drug-likeness (QED) is 0.730. The van der Waals surface area contributed by atoms with E-state index in [-0.39, 0.29) is 11.3 Å². The predicted molar refractivity (Wildman–Crippen MR) is 57.6 cm³/mol. The molecule has 0 spiro atoms. The van der Waals surface area contributed by atoms with Crippen LogP contribution in [0, 0.1) is 6.92 Å². The second-order valence-electron chi connectivity index (χ2n) is 3.16. The molecule has 76 valence electrons. The lowest BCUT2D eigenvalue weighted by Gasteiger charge is -2.19. The van der Waals surface area contributed by atoms with Crippen LogP contribution < -0.4 is 0 Å². The summed E-state index contributed by atoms with van der Waals surface area (Å²) in [5.74, 6) is 1.10. The second kappa shape index (κ2) is 3.86. The molecule has 2 rings (SSSR count). The fourth-order valence-electron chi connectivity index (χ4n) is 1.42. The van der Waals surface area contributed by atoms with E-state index in [2.05, 4.69) is 16.5 Å². The summed E-state index contributed by atoms with van der Waals surface area (Å²) < 4.78 is 3.78. The molecule has 0 saturated carbocycles. The summed E-state index contributed by atoms with van der Waals surface area (Å²) in [6, 6.07) is 0. The highest BCUT2D eigenvalue weighted by Crippen LogP contribution is 2.26. The van der Waals surface area contributed by atoms with Gasteiger partial charge in [0.05, 0.1) is 11.1 Å². The lowest BCUT2D eigenvalue weighted by Crippen LogP contribution is -2.32. The van der Waals surface area contributed by atoms with Crippen LogP contribution in [0.2, 0.25) is 0 Å². The van der Waals surface area contributed by atoms with Crippen LogP contribution in [0.3, 0.4) is 0 Å². The van der Waals surface area contributed by atoms with Gasteiger partial charge in [0, 0.05) is 12.3 Å². The fourth-order valence-corrected chi connectivity index (χ4v) is 3.06. The smallest absolute Gasteiger partial charge is 0.268 e. The van der Waals surface area contributed by atoms with Crippen molar-refractivity contribution in [2.24, 2.45) is 0 Å². The first kappa shape index (κ1) is 9.92. The molecule has 1 fully saturated rings. The molecule has 1 unspecified atom stereocenters. The van der Waals surface area contributed by atoms with Crippen molar-refractivity contribution in [3.8, 4) is 0 Å². The Morgan fingerprint density at radius 3 is 2.93 bits per heavy atom. The Morgan fingerprint density at radius 1 is 1.64 bits per heavy atom. The van der Waals surface area contributed by atoms with Crippen molar-refractivity contribution in [3.63, 3.8) is 0 Å². The average Bonchev–Trinajstić information content (AvgIpc) is 2.73. The standard InChI is InChI=1S/C8H11N3OS2/c1-5-7(14-10-9-5)8(12)11-3-4-13-6(11)2/h6H,3-4H2,1-2H3. The van der Waals surface area contributed by atoms with Gasteiger partial charge >= 0.3 is 0 Å². The third kappa shape index (κ3) is 1.64. The van der Waals surface area contributed by atoms with Crippen LogP contribution >= 0.6 is 23.3 Å². The minimum absolute atomic E-state index is 0.0787. The Bertz CT molecular complexity index is 352. The van der Waals surface area contributed by atoms with Crippen molar-refractivity contribution >= 4 is 29.2 Å². The Morgan fingerprint density at radius 2 is 2.43 bits per heavy atom. The van der Waals surface area contributed by atoms with Crippen molar-refractivity contribution in [2.75, 3.05) is 12.3 Å². The van der Waals surface area contributed by atoms with Gasteiger partial charge in [0.2, 0.25) is 0 Å². The molecule has 1 aliphatic rings. The van der Waals surface area contributed by atoms with E-state index in [0.717, 1.165) is 18.0 Å². The molecule has 1 aromatic rings. The molecule has 0 aliphatic carbocycles. The van der Waals surface area contributed by atoms with Crippen molar-refractivity contribution in [2.45, 2.75) is 19.2 Å². The number of aryl methyl sites for hydroxylation is 1. The van der Waals surface area contributed by atoms with E-state index in [1.165, 1.54) is 11.5 Å². The summed E-state index contributed by atoms with van der Waals surface area (Å²) in [7, 11) is 0. The number of thioether (sulfide) groups is 1. The largest absolute Gasteiger partial charge is 0.325 e. The Kier molecular flexibility index (Phi) is 2.73. The molecular weight excluding hydrogens is 218 g/mol. The van der Waals surface area contributed by atoms with Crippen LogP contribution in [-0.4, -0.2) is 38.1 Å². The molecule has 1 amide bonds. The van der Waals surface area contributed by atoms with Crippen LogP contribution in [-0.2, 0) is 0 Å². The topological polar surface area (TPSA) is 46.1 Å². The molecule has 6 heteroatoms. The zero-order chi connectivity index (χ0) is 10.1. The van der Waals surface area contributed by atoms with Gasteiger partial charge in [0.15, 0.2) is 0 Å². The van der Waals surface area contributed by atoms with E-state index in [0.29, 0.717) is 4.88 Å². The first-order chi connectivity index (χ1) is 6.70. The van der Waals surface area contributed by atoms with E-state index >= 15 is 0 Å². The van der Waals surface area contributed by atoms with Crippen molar-refractivity contribution < 1.29 is 4.79 Å². The molecule has 1 saturated heterocycles. The summed E-state index contributed by atoms with van der Waals surface area (Å²) in [4.78, 5) is 14.5. The summed E-state index contributed by atoms with van der Waals surface area (Å²) in [5, 5.41) is 4.13. The molecule has 1 aliphatic heterocycles. The number of amides is 1. The number of carbonyl (C=O) groups excluding carboxylic acids is 1. The van der Waals surface area contributed by atoms with Crippen LogP contribution in [0.15, 0.2) is 0 Å². The Balaban J connectivity index is 2.20. The molecule has 0 aromatic carbocycles. The van der Waals surface area contributed by atoms with Crippen LogP contribution in [0.1, 0.15) is 22.3 Å².